The van der Waals surface area contributed by atoms with Crippen molar-refractivity contribution in [2.75, 3.05) is 28.6 Å². The highest BCUT2D eigenvalue weighted by molar-refractivity contribution is 6.04. The van der Waals surface area contributed by atoms with Crippen molar-refractivity contribution in [2.45, 2.75) is 38.5 Å². The summed E-state index contributed by atoms with van der Waals surface area (Å²) in [5.74, 6) is -1.63. The van der Waals surface area contributed by atoms with Crippen LogP contribution in [0.4, 0.5) is 23.1 Å². The number of hydrogen-bond acceptors (Lipinski definition) is 7. The number of nitro groups is 1. The van der Waals surface area contributed by atoms with Gasteiger partial charge in [0.05, 0.1) is 22.1 Å². The number of anilines is 3. The quantitative estimate of drug-likeness (QED) is 0.500. The number of aryl methyl sites for hydroxylation is 1. The molecule has 3 N–H and O–H groups in total. The van der Waals surface area contributed by atoms with Crippen LogP contribution in [0.5, 0.6) is 0 Å². The Bertz CT molecular complexity index is 1120. The fourth-order valence-electron chi connectivity index (χ4n) is 3.92. The SMILES string of the molecule is Cc1ccc([N+](=O)[O-])cc1NC(=O)[C@@H]1CC(=O)Nc2nc(N3CCCCC3)[nH]c(=O)c21. The molecule has 0 bridgehead atoms. The Morgan fingerprint density at radius 3 is 2.71 bits per heavy atom. The number of carbonyl (C=O) groups excluding carboxylic acids is 2. The normalized spacial score (nSPS) is 18.2. The van der Waals surface area contributed by atoms with E-state index in [9.17, 15) is 24.5 Å². The lowest BCUT2D eigenvalue weighted by Crippen LogP contribution is -2.38. The van der Waals surface area contributed by atoms with Crippen molar-refractivity contribution in [3.05, 3.63) is 49.8 Å². The molecule has 31 heavy (non-hydrogen) atoms. The van der Waals surface area contributed by atoms with E-state index in [0.717, 1.165) is 32.4 Å². The van der Waals surface area contributed by atoms with Crippen LogP contribution >= 0.6 is 0 Å². The van der Waals surface area contributed by atoms with E-state index >= 15 is 0 Å². The van der Waals surface area contributed by atoms with E-state index in [2.05, 4.69) is 20.6 Å². The number of benzene rings is 1. The van der Waals surface area contributed by atoms with Crippen molar-refractivity contribution in [3.63, 3.8) is 0 Å². The summed E-state index contributed by atoms with van der Waals surface area (Å²) in [6, 6.07) is 4.11. The molecule has 2 aromatic rings. The van der Waals surface area contributed by atoms with Crippen molar-refractivity contribution < 1.29 is 14.5 Å². The fourth-order valence-corrected chi connectivity index (χ4v) is 3.92. The molecule has 2 aliphatic heterocycles. The zero-order valence-corrected chi connectivity index (χ0v) is 16.9. The molecule has 11 nitrogen and oxygen atoms in total. The minimum atomic E-state index is -1.06. The van der Waals surface area contributed by atoms with Crippen LogP contribution < -0.4 is 21.1 Å². The lowest BCUT2D eigenvalue weighted by molar-refractivity contribution is -0.384. The Hall–Kier alpha value is -3.76. The van der Waals surface area contributed by atoms with Gasteiger partial charge < -0.3 is 15.5 Å². The summed E-state index contributed by atoms with van der Waals surface area (Å²) in [4.78, 5) is 57.7. The van der Waals surface area contributed by atoms with Crippen molar-refractivity contribution in [1.82, 2.24) is 9.97 Å². The highest BCUT2D eigenvalue weighted by Gasteiger charge is 2.35. The van der Waals surface area contributed by atoms with Gasteiger partial charge in [0.2, 0.25) is 17.8 Å². The Morgan fingerprint density at radius 1 is 1.26 bits per heavy atom. The van der Waals surface area contributed by atoms with E-state index in [1.54, 1.807) is 6.92 Å². The topological polar surface area (TPSA) is 150 Å². The molecule has 162 valence electrons. The van der Waals surface area contributed by atoms with Gasteiger partial charge in [-0.3, -0.25) is 29.5 Å². The lowest BCUT2D eigenvalue weighted by Gasteiger charge is -2.29. The predicted molar refractivity (Wildman–Crippen MR) is 113 cm³/mol. The number of fused-ring (bicyclic) bond motifs is 1. The number of nitrogens with one attached hydrogen (secondary N) is 3. The van der Waals surface area contributed by atoms with Crippen LogP contribution in [0, 0.1) is 17.0 Å². The summed E-state index contributed by atoms with van der Waals surface area (Å²) in [5, 5.41) is 16.3. The molecular formula is C20H22N6O5. The number of nitro benzene ring substituents is 1. The van der Waals surface area contributed by atoms with Crippen molar-refractivity contribution in [3.8, 4) is 0 Å². The Kier molecular flexibility index (Phi) is 5.40. The zero-order chi connectivity index (χ0) is 22.1. The van der Waals surface area contributed by atoms with E-state index in [-0.39, 0.29) is 29.2 Å². The average molecular weight is 426 g/mol. The summed E-state index contributed by atoms with van der Waals surface area (Å²) >= 11 is 0. The summed E-state index contributed by atoms with van der Waals surface area (Å²) in [6.45, 7) is 3.21. The van der Waals surface area contributed by atoms with Crippen LogP contribution in [0.3, 0.4) is 0 Å². The van der Waals surface area contributed by atoms with Gasteiger partial charge in [0, 0.05) is 31.6 Å². The van der Waals surface area contributed by atoms with Gasteiger partial charge >= 0.3 is 0 Å². The van der Waals surface area contributed by atoms with Crippen molar-refractivity contribution >= 4 is 35.0 Å². The Balaban J connectivity index is 1.65. The van der Waals surface area contributed by atoms with Gasteiger partial charge in [-0.05, 0) is 31.7 Å². The predicted octanol–water partition coefficient (Wildman–Crippen LogP) is 2.04. The zero-order valence-electron chi connectivity index (χ0n) is 16.9. The monoisotopic (exact) mass is 426 g/mol. The van der Waals surface area contributed by atoms with E-state index in [1.807, 2.05) is 4.90 Å². The third kappa shape index (κ3) is 4.11. The van der Waals surface area contributed by atoms with Crippen LogP contribution in [-0.2, 0) is 9.59 Å². The van der Waals surface area contributed by atoms with Crippen LogP contribution in [-0.4, -0.2) is 39.8 Å². The standard InChI is InChI=1S/C20H22N6O5/c1-11-5-6-12(26(30)31)9-14(11)21-18(28)13-10-15(27)22-17-16(13)19(29)24-20(23-17)25-7-3-2-4-8-25/h5-6,9,13H,2-4,7-8,10H2,1H3,(H,21,28)(H2,22,23,24,27,29)/t13-/m1/s1. The van der Waals surface area contributed by atoms with Crippen LogP contribution in [0.1, 0.15) is 42.7 Å². The largest absolute Gasteiger partial charge is 0.342 e. The second-order valence-corrected chi connectivity index (χ2v) is 7.75. The number of aromatic nitrogens is 2. The summed E-state index contributed by atoms with van der Waals surface area (Å²) in [6.07, 6.45) is 2.86. The molecule has 4 rings (SSSR count). The smallest absolute Gasteiger partial charge is 0.271 e. The van der Waals surface area contributed by atoms with Gasteiger partial charge in [-0.15, -0.1) is 0 Å². The molecule has 3 heterocycles. The van der Waals surface area contributed by atoms with Gasteiger partial charge in [-0.1, -0.05) is 6.07 Å². The van der Waals surface area contributed by atoms with E-state index in [0.29, 0.717) is 11.5 Å². The number of carbonyl (C=O) groups is 2. The second-order valence-electron chi connectivity index (χ2n) is 7.75. The van der Waals surface area contributed by atoms with Gasteiger partial charge in [-0.25, -0.2) is 0 Å². The molecule has 0 radical (unpaired) electrons. The first-order chi connectivity index (χ1) is 14.8. The molecule has 0 unspecified atom stereocenters. The van der Waals surface area contributed by atoms with Gasteiger partial charge in [-0.2, -0.15) is 4.98 Å². The maximum atomic E-state index is 13.0. The minimum absolute atomic E-state index is 0.0801. The first-order valence-corrected chi connectivity index (χ1v) is 10.1. The molecule has 0 aliphatic carbocycles. The maximum absolute atomic E-state index is 13.0. The van der Waals surface area contributed by atoms with E-state index in [1.165, 1.54) is 18.2 Å². The van der Waals surface area contributed by atoms with Crippen LogP contribution in [0.25, 0.3) is 0 Å². The van der Waals surface area contributed by atoms with Crippen molar-refractivity contribution in [2.24, 2.45) is 0 Å². The third-order valence-corrected chi connectivity index (χ3v) is 5.60. The number of non-ortho nitro benzene ring substituents is 1. The van der Waals surface area contributed by atoms with Crippen molar-refractivity contribution in [1.29, 1.82) is 0 Å². The molecule has 11 heteroatoms. The molecule has 0 spiro atoms. The third-order valence-electron chi connectivity index (χ3n) is 5.60. The Morgan fingerprint density at radius 2 is 2.00 bits per heavy atom. The molecule has 1 atom stereocenters. The molecule has 1 saturated heterocycles. The molecule has 0 saturated carbocycles. The second kappa shape index (κ2) is 8.17. The molecule has 1 fully saturated rings. The number of rotatable bonds is 4. The minimum Gasteiger partial charge on any atom is -0.342 e. The number of aromatic amines is 1. The first kappa shape index (κ1) is 20.5. The summed E-state index contributed by atoms with van der Waals surface area (Å²) < 4.78 is 0. The number of amides is 2. The van der Waals surface area contributed by atoms with Gasteiger partial charge in [0.1, 0.15) is 5.82 Å². The Labute approximate surface area is 177 Å². The summed E-state index contributed by atoms with van der Waals surface area (Å²) in [7, 11) is 0. The molecule has 1 aromatic carbocycles. The first-order valence-electron chi connectivity index (χ1n) is 10.1. The molecular weight excluding hydrogens is 404 g/mol. The average Bonchev–Trinajstić information content (AvgIpc) is 2.74. The highest BCUT2D eigenvalue weighted by Crippen LogP contribution is 2.31. The van der Waals surface area contributed by atoms with Gasteiger partial charge in [0.15, 0.2) is 0 Å². The van der Waals surface area contributed by atoms with E-state index < -0.39 is 28.2 Å². The number of H-pyrrole nitrogens is 1. The van der Waals surface area contributed by atoms with Crippen LogP contribution in [0.2, 0.25) is 0 Å². The van der Waals surface area contributed by atoms with E-state index in [4.69, 9.17) is 0 Å². The summed E-state index contributed by atoms with van der Waals surface area (Å²) in [5.41, 5.74) is 0.295. The number of nitrogens with zero attached hydrogens (tertiary/aromatic N) is 3. The highest BCUT2D eigenvalue weighted by atomic mass is 16.6. The molecule has 1 aromatic heterocycles. The molecule has 2 amide bonds. The lowest BCUT2D eigenvalue weighted by atomic mass is 9.92. The number of hydrogen-bond donors (Lipinski definition) is 3. The fraction of sp³-hybridized carbons (Fsp3) is 0.400. The number of piperidine rings is 1. The van der Waals surface area contributed by atoms with Gasteiger partial charge in [0.25, 0.3) is 11.2 Å². The van der Waals surface area contributed by atoms with Crippen LogP contribution in [0.15, 0.2) is 23.0 Å². The maximum Gasteiger partial charge on any atom is 0.271 e. The molecule has 2 aliphatic rings.